The smallest absolute Gasteiger partial charge is 0.251 e. The summed E-state index contributed by atoms with van der Waals surface area (Å²) >= 11 is 0. The van der Waals surface area contributed by atoms with E-state index in [-0.39, 0.29) is 29.2 Å². The highest BCUT2D eigenvalue weighted by Gasteiger charge is 2.47. The number of nitrogens with one attached hydrogen (secondary N) is 1. The van der Waals surface area contributed by atoms with Gasteiger partial charge in [-0.25, -0.2) is 0 Å². The standard InChI is InChI=1S/C13H17NO3/c1-13(2)10(7-11(13)16)14-12(17)8-3-5-9(15)6-4-8/h3-6,10-11,15-16H,7H2,1-2H3,(H,14,17). The van der Waals surface area contributed by atoms with E-state index in [4.69, 9.17) is 5.11 Å². The Morgan fingerprint density at radius 1 is 1.35 bits per heavy atom. The van der Waals surface area contributed by atoms with Crippen molar-refractivity contribution in [2.45, 2.75) is 32.4 Å². The number of hydrogen-bond acceptors (Lipinski definition) is 3. The molecule has 1 aromatic carbocycles. The van der Waals surface area contributed by atoms with Gasteiger partial charge in [0.1, 0.15) is 5.75 Å². The number of rotatable bonds is 2. The monoisotopic (exact) mass is 235 g/mol. The number of aromatic hydroxyl groups is 1. The van der Waals surface area contributed by atoms with Crippen molar-refractivity contribution in [2.24, 2.45) is 5.41 Å². The van der Waals surface area contributed by atoms with Crippen LogP contribution in [0.15, 0.2) is 24.3 Å². The number of phenols is 1. The fourth-order valence-electron chi connectivity index (χ4n) is 2.00. The number of benzene rings is 1. The van der Waals surface area contributed by atoms with Gasteiger partial charge in [0.25, 0.3) is 5.91 Å². The minimum atomic E-state index is -0.354. The zero-order chi connectivity index (χ0) is 12.6. The van der Waals surface area contributed by atoms with Gasteiger partial charge in [0.15, 0.2) is 0 Å². The minimum absolute atomic E-state index is 0.00111. The van der Waals surface area contributed by atoms with E-state index in [9.17, 15) is 9.90 Å². The predicted molar refractivity (Wildman–Crippen MR) is 63.8 cm³/mol. The van der Waals surface area contributed by atoms with Gasteiger partial charge in [0.2, 0.25) is 0 Å². The topological polar surface area (TPSA) is 69.6 Å². The second-order valence-corrected chi connectivity index (χ2v) is 5.15. The Balaban J connectivity index is 2.01. The van der Waals surface area contributed by atoms with Gasteiger partial charge in [-0.1, -0.05) is 13.8 Å². The first kappa shape index (κ1) is 11.9. The van der Waals surface area contributed by atoms with Crippen LogP contribution < -0.4 is 5.32 Å². The largest absolute Gasteiger partial charge is 0.508 e. The molecule has 92 valence electrons. The summed E-state index contributed by atoms with van der Waals surface area (Å²) in [5, 5.41) is 21.6. The first-order valence-electron chi connectivity index (χ1n) is 5.69. The lowest BCUT2D eigenvalue weighted by molar-refractivity contribution is -0.0689. The molecule has 4 nitrogen and oxygen atoms in total. The van der Waals surface area contributed by atoms with Gasteiger partial charge in [-0.3, -0.25) is 4.79 Å². The molecule has 2 unspecified atom stereocenters. The summed E-state index contributed by atoms with van der Waals surface area (Å²) in [5.74, 6) is -0.0316. The van der Waals surface area contributed by atoms with Crippen molar-refractivity contribution in [3.05, 3.63) is 29.8 Å². The molecule has 3 N–H and O–H groups in total. The first-order chi connectivity index (χ1) is 7.91. The van der Waals surface area contributed by atoms with Gasteiger partial charge in [-0.15, -0.1) is 0 Å². The summed E-state index contributed by atoms with van der Waals surface area (Å²) in [6.45, 7) is 3.87. The molecule has 1 aliphatic carbocycles. The Morgan fingerprint density at radius 3 is 2.41 bits per heavy atom. The molecule has 1 amide bonds. The Morgan fingerprint density at radius 2 is 1.94 bits per heavy atom. The third kappa shape index (κ3) is 2.13. The van der Waals surface area contributed by atoms with Crippen LogP contribution in [0, 0.1) is 5.41 Å². The number of amides is 1. The third-order valence-electron chi connectivity index (χ3n) is 3.65. The van der Waals surface area contributed by atoms with Crippen LogP contribution in [0.4, 0.5) is 0 Å². The summed E-state index contributed by atoms with van der Waals surface area (Å²) in [5.41, 5.74) is 0.243. The summed E-state index contributed by atoms with van der Waals surface area (Å²) in [4.78, 5) is 11.9. The highest BCUT2D eigenvalue weighted by molar-refractivity contribution is 5.94. The lowest BCUT2D eigenvalue weighted by Crippen LogP contribution is -2.61. The summed E-state index contributed by atoms with van der Waals surface area (Å²) in [6, 6.07) is 6.11. The fourth-order valence-corrected chi connectivity index (χ4v) is 2.00. The molecular weight excluding hydrogens is 218 g/mol. The van der Waals surface area contributed by atoms with E-state index in [1.54, 1.807) is 12.1 Å². The van der Waals surface area contributed by atoms with Crippen LogP contribution in [-0.4, -0.2) is 28.3 Å². The molecule has 1 aliphatic rings. The molecule has 0 bridgehead atoms. The van der Waals surface area contributed by atoms with Crippen molar-refractivity contribution in [2.75, 3.05) is 0 Å². The number of phenolic OH excluding ortho intramolecular Hbond substituents is 1. The normalized spacial score (nSPS) is 26.1. The lowest BCUT2D eigenvalue weighted by Gasteiger charge is -2.49. The second kappa shape index (κ2) is 4.04. The maximum absolute atomic E-state index is 11.9. The highest BCUT2D eigenvalue weighted by atomic mass is 16.3. The second-order valence-electron chi connectivity index (χ2n) is 5.15. The summed E-state index contributed by atoms with van der Waals surface area (Å²) < 4.78 is 0. The van der Waals surface area contributed by atoms with Crippen molar-refractivity contribution < 1.29 is 15.0 Å². The van der Waals surface area contributed by atoms with Crippen LogP contribution in [0.1, 0.15) is 30.6 Å². The molecule has 0 radical (unpaired) electrons. The molecule has 2 atom stereocenters. The number of hydrogen-bond donors (Lipinski definition) is 3. The zero-order valence-corrected chi connectivity index (χ0v) is 9.97. The van der Waals surface area contributed by atoms with Crippen LogP contribution >= 0.6 is 0 Å². The average molecular weight is 235 g/mol. The van der Waals surface area contributed by atoms with Crippen molar-refractivity contribution in [3.63, 3.8) is 0 Å². The van der Waals surface area contributed by atoms with Gasteiger partial charge in [0.05, 0.1) is 6.10 Å². The molecule has 0 heterocycles. The molecule has 1 fully saturated rings. The van der Waals surface area contributed by atoms with Gasteiger partial charge in [-0.2, -0.15) is 0 Å². The molecule has 0 spiro atoms. The number of carbonyl (C=O) groups excluding carboxylic acids is 1. The van der Waals surface area contributed by atoms with Crippen LogP contribution in [-0.2, 0) is 0 Å². The number of aliphatic hydroxyl groups is 1. The van der Waals surface area contributed by atoms with Gasteiger partial charge in [-0.05, 0) is 30.7 Å². The highest BCUT2D eigenvalue weighted by Crippen LogP contribution is 2.40. The van der Waals surface area contributed by atoms with Crippen LogP contribution in [0.3, 0.4) is 0 Å². The molecular formula is C13H17NO3. The molecule has 0 aliphatic heterocycles. The van der Waals surface area contributed by atoms with E-state index in [1.807, 2.05) is 13.8 Å². The Labute approximate surface area is 100 Å². The Bertz CT molecular complexity index is 425. The van der Waals surface area contributed by atoms with E-state index >= 15 is 0 Å². The van der Waals surface area contributed by atoms with Crippen molar-refractivity contribution >= 4 is 5.91 Å². The Kier molecular flexibility index (Phi) is 2.83. The quantitative estimate of drug-likeness (QED) is 0.723. The number of carbonyl (C=O) groups is 1. The van der Waals surface area contributed by atoms with Crippen molar-refractivity contribution in [1.82, 2.24) is 5.32 Å². The van der Waals surface area contributed by atoms with Crippen LogP contribution in [0.5, 0.6) is 5.75 Å². The minimum Gasteiger partial charge on any atom is -0.508 e. The van der Waals surface area contributed by atoms with Crippen molar-refractivity contribution in [3.8, 4) is 5.75 Å². The molecule has 4 heteroatoms. The van der Waals surface area contributed by atoms with E-state index in [1.165, 1.54) is 12.1 Å². The zero-order valence-electron chi connectivity index (χ0n) is 9.97. The molecule has 0 aromatic heterocycles. The van der Waals surface area contributed by atoms with E-state index < -0.39 is 0 Å². The SMILES string of the molecule is CC1(C)C(O)CC1NC(=O)c1ccc(O)cc1. The predicted octanol–water partition coefficient (Wildman–Crippen LogP) is 1.28. The molecule has 1 saturated carbocycles. The average Bonchev–Trinajstić information content (AvgIpc) is 2.29. The van der Waals surface area contributed by atoms with E-state index in [0.717, 1.165) is 0 Å². The fraction of sp³-hybridized carbons (Fsp3) is 0.462. The molecule has 0 saturated heterocycles. The maximum atomic E-state index is 11.9. The third-order valence-corrected chi connectivity index (χ3v) is 3.65. The molecule has 1 aromatic rings. The first-order valence-corrected chi connectivity index (χ1v) is 5.69. The maximum Gasteiger partial charge on any atom is 0.251 e. The Hall–Kier alpha value is -1.55. The van der Waals surface area contributed by atoms with Gasteiger partial charge >= 0.3 is 0 Å². The van der Waals surface area contributed by atoms with Crippen molar-refractivity contribution in [1.29, 1.82) is 0 Å². The van der Waals surface area contributed by atoms with E-state index in [2.05, 4.69) is 5.32 Å². The lowest BCUT2D eigenvalue weighted by atomic mass is 9.64. The van der Waals surface area contributed by atoms with E-state index in [0.29, 0.717) is 12.0 Å². The number of aliphatic hydroxyl groups excluding tert-OH is 1. The van der Waals surface area contributed by atoms with Crippen LogP contribution in [0.25, 0.3) is 0 Å². The van der Waals surface area contributed by atoms with Crippen LogP contribution in [0.2, 0.25) is 0 Å². The summed E-state index contributed by atoms with van der Waals surface area (Å²) in [7, 11) is 0. The summed E-state index contributed by atoms with van der Waals surface area (Å²) in [6.07, 6.45) is 0.240. The van der Waals surface area contributed by atoms with Gasteiger partial charge in [0, 0.05) is 17.0 Å². The van der Waals surface area contributed by atoms with Gasteiger partial charge < -0.3 is 15.5 Å². The molecule has 2 rings (SSSR count). The molecule has 17 heavy (non-hydrogen) atoms.